The number of hydrogen-bond donors (Lipinski definition) is 1. The van der Waals surface area contributed by atoms with Crippen molar-refractivity contribution in [3.8, 4) is 0 Å². The van der Waals surface area contributed by atoms with Gasteiger partial charge in [0.15, 0.2) is 0 Å². The van der Waals surface area contributed by atoms with Crippen LogP contribution in [0.15, 0.2) is 36.4 Å². The first-order valence-corrected chi connectivity index (χ1v) is 8.13. The Bertz CT molecular complexity index is 820. The summed E-state index contributed by atoms with van der Waals surface area (Å²) < 4.78 is 38.2. The number of rotatable bonds is 1. The molecule has 2 amide bonds. The van der Waals surface area contributed by atoms with Gasteiger partial charge in [-0.25, -0.2) is 4.79 Å². The zero-order valence-electron chi connectivity index (χ0n) is 13.5. The maximum atomic E-state index is 12.7. The van der Waals surface area contributed by atoms with Crippen molar-refractivity contribution < 1.29 is 18.0 Å². The molecule has 0 aromatic heterocycles. The number of benzene rings is 2. The van der Waals surface area contributed by atoms with Crippen LogP contribution in [0.4, 0.5) is 23.7 Å². The average Bonchev–Trinajstić information content (AvgIpc) is 2.53. The van der Waals surface area contributed by atoms with Crippen molar-refractivity contribution in [2.24, 2.45) is 0 Å². The first-order chi connectivity index (χ1) is 11.8. The number of carbonyl (C=O) groups is 1. The summed E-state index contributed by atoms with van der Waals surface area (Å²) in [5.74, 6) is 0. The number of carbonyl (C=O) groups excluding carboxylic acids is 1. The highest BCUT2D eigenvalue weighted by Gasteiger charge is 2.33. The predicted molar refractivity (Wildman–Crippen MR) is 90.8 cm³/mol. The molecule has 3 nitrogen and oxygen atoms in total. The maximum absolute atomic E-state index is 12.7. The van der Waals surface area contributed by atoms with Crippen molar-refractivity contribution in [1.29, 1.82) is 0 Å². The summed E-state index contributed by atoms with van der Waals surface area (Å²) in [7, 11) is 0. The third-order valence-corrected chi connectivity index (χ3v) is 4.63. The van der Waals surface area contributed by atoms with E-state index in [2.05, 4.69) is 5.32 Å². The Morgan fingerprint density at radius 1 is 1.24 bits per heavy atom. The maximum Gasteiger partial charge on any atom is 0.417 e. The number of halogens is 4. The van der Waals surface area contributed by atoms with Crippen LogP contribution in [0, 0.1) is 6.92 Å². The van der Waals surface area contributed by atoms with Gasteiger partial charge in [-0.3, -0.25) is 0 Å². The van der Waals surface area contributed by atoms with Gasteiger partial charge in [0.2, 0.25) is 0 Å². The molecule has 0 spiro atoms. The quantitative estimate of drug-likeness (QED) is 0.731. The van der Waals surface area contributed by atoms with Crippen LogP contribution < -0.4 is 5.32 Å². The second-order valence-electron chi connectivity index (χ2n) is 6.01. The van der Waals surface area contributed by atoms with E-state index in [4.69, 9.17) is 11.6 Å². The van der Waals surface area contributed by atoms with Gasteiger partial charge < -0.3 is 10.2 Å². The van der Waals surface area contributed by atoms with Gasteiger partial charge in [-0.05, 0) is 48.2 Å². The van der Waals surface area contributed by atoms with Crippen LogP contribution in [0.2, 0.25) is 5.02 Å². The second-order valence-corrected chi connectivity index (χ2v) is 6.41. The van der Waals surface area contributed by atoms with Gasteiger partial charge in [-0.2, -0.15) is 13.2 Å². The molecule has 1 aliphatic heterocycles. The van der Waals surface area contributed by atoms with Gasteiger partial charge in [0.25, 0.3) is 0 Å². The molecule has 0 fully saturated rings. The Balaban J connectivity index is 1.72. The number of hydrogen-bond acceptors (Lipinski definition) is 1. The Kier molecular flexibility index (Phi) is 4.64. The molecule has 1 heterocycles. The van der Waals surface area contributed by atoms with Gasteiger partial charge in [0.05, 0.1) is 10.6 Å². The normalized spacial score (nSPS) is 14.2. The number of fused-ring (bicyclic) bond motifs is 1. The molecule has 3 rings (SSSR count). The largest absolute Gasteiger partial charge is 0.417 e. The SMILES string of the molecule is Cc1cccc2c1CCN(C(=O)Nc1ccc(C(F)(F)F)c(Cl)c1)C2. The molecule has 25 heavy (non-hydrogen) atoms. The Morgan fingerprint density at radius 3 is 2.68 bits per heavy atom. The summed E-state index contributed by atoms with van der Waals surface area (Å²) in [6.45, 7) is 3.06. The Hall–Kier alpha value is -2.21. The van der Waals surface area contributed by atoms with E-state index in [1.807, 2.05) is 25.1 Å². The Labute approximate surface area is 148 Å². The number of alkyl halides is 3. The van der Waals surface area contributed by atoms with E-state index < -0.39 is 16.8 Å². The fourth-order valence-corrected chi connectivity index (χ4v) is 3.29. The third-order valence-electron chi connectivity index (χ3n) is 4.31. The zero-order chi connectivity index (χ0) is 18.2. The van der Waals surface area contributed by atoms with Crippen LogP contribution in [0.3, 0.4) is 0 Å². The summed E-state index contributed by atoms with van der Waals surface area (Å²) in [5, 5.41) is 2.17. The van der Waals surface area contributed by atoms with Gasteiger partial charge in [-0.15, -0.1) is 0 Å². The fourth-order valence-electron chi connectivity index (χ4n) is 3.00. The smallest absolute Gasteiger partial charge is 0.320 e. The minimum absolute atomic E-state index is 0.234. The predicted octanol–water partition coefficient (Wildman–Crippen LogP) is 5.26. The topological polar surface area (TPSA) is 32.3 Å². The number of aryl methyl sites for hydroxylation is 1. The lowest BCUT2D eigenvalue weighted by molar-refractivity contribution is -0.137. The molecule has 2 aromatic carbocycles. The van der Waals surface area contributed by atoms with E-state index in [0.717, 1.165) is 24.1 Å². The van der Waals surface area contributed by atoms with Crippen molar-refractivity contribution in [3.05, 3.63) is 63.7 Å². The van der Waals surface area contributed by atoms with Crippen molar-refractivity contribution >= 4 is 23.3 Å². The number of nitrogens with zero attached hydrogens (tertiary/aromatic N) is 1. The summed E-state index contributed by atoms with van der Waals surface area (Å²) in [5.41, 5.74) is 2.86. The molecule has 2 aromatic rings. The third kappa shape index (κ3) is 3.74. The molecular formula is C18H16ClF3N2O. The lowest BCUT2D eigenvalue weighted by Gasteiger charge is -2.30. The van der Waals surface area contributed by atoms with Crippen LogP contribution >= 0.6 is 11.6 Å². The minimum Gasteiger partial charge on any atom is -0.320 e. The Morgan fingerprint density at radius 2 is 2.00 bits per heavy atom. The van der Waals surface area contributed by atoms with Crippen LogP contribution in [0.5, 0.6) is 0 Å². The molecule has 132 valence electrons. The zero-order valence-corrected chi connectivity index (χ0v) is 14.2. The van der Waals surface area contributed by atoms with Gasteiger partial charge in [-0.1, -0.05) is 29.8 Å². The van der Waals surface area contributed by atoms with Gasteiger partial charge in [0, 0.05) is 18.8 Å². The van der Waals surface area contributed by atoms with Crippen LogP contribution in [0.25, 0.3) is 0 Å². The van der Waals surface area contributed by atoms with E-state index in [1.165, 1.54) is 17.2 Å². The molecule has 0 saturated heterocycles. The summed E-state index contributed by atoms with van der Waals surface area (Å²) in [4.78, 5) is 14.0. The summed E-state index contributed by atoms with van der Waals surface area (Å²) in [6.07, 6.45) is -3.77. The van der Waals surface area contributed by atoms with E-state index in [-0.39, 0.29) is 11.7 Å². The monoisotopic (exact) mass is 368 g/mol. The molecule has 7 heteroatoms. The number of nitrogens with one attached hydrogen (secondary N) is 1. The molecule has 0 radical (unpaired) electrons. The highest BCUT2D eigenvalue weighted by Crippen LogP contribution is 2.36. The van der Waals surface area contributed by atoms with Crippen LogP contribution in [0.1, 0.15) is 22.3 Å². The summed E-state index contributed by atoms with van der Waals surface area (Å²) >= 11 is 5.68. The second kappa shape index (κ2) is 6.59. The molecule has 0 saturated carbocycles. The van der Waals surface area contributed by atoms with E-state index in [1.54, 1.807) is 4.90 Å². The standard InChI is InChI=1S/C18H16ClF3N2O/c1-11-3-2-4-12-10-24(8-7-14(11)12)17(25)23-13-5-6-15(16(19)9-13)18(20,21)22/h2-6,9H,7-8,10H2,1H3,(H,23,25). The lowest BCUT2D eigenvalue weighted by atomic mass is 9.95. The van der Waals surface area contributed by atoms with Crippen LogP contribution in [-0.4, -0.2) is 17.5 Å². The molecule has 0 bridgehead atoms. The molecule has 1 N–H and O–H groups in total. The van der Waals surface area contributed by atoms with Crippen molar-refractivity contribution in [2.75, 3.05) is 11.9 Å². The first kappa shape index (κ1) is 17.6. The van der Waals surface area contributed by atoms with Gasteiger partial charge >= 0.3 is 12.2 Å². The molecule has 0 atom stereocenters. The van der Waals surface area contributed by atoms with Crippen molar-refractivity contribution in [2.45, 2.75) is 26.1 Å². The lowest BCUT2D eigenvalue weighted by Crippen LogP contribution is -2.39. The molecular weight excluding hydrogens is 353 g/mol. The molecule has 1 aliphatic rings. The van der Waals surface area contributed by atoms with Crippen molar-refractivity contribution in [1.82, 2.24) is 4.90 Å². The van der Waals surface area contributed by atoms with E-state index in [0.29, 0.717) is 13.1 Å². The average molecular weight is 369 g/mol. The van der Waals surface area contributed by atoms with E-state index in [9.17, 15) is 18.0 Å². The van der Waals surface area contributed by atoms with Crippen LogP contribution in [-0.2, 0) is 19.1 Å². The van der Waals surface area contributed by atoms with Crippen molar-refractivity contribution in [3.63, 3.8) is 0 Å². The minimum atomic E-state index is -4.52. The highest BCUT2D eigenvalue weighted by molar-refractivity contribution is 6.31. The van der Waals surface area contributed by atoms with Gasteiger partial charge in [0.1, 0.15) is 0 Å². The highest BCUT2D eigenvalue weighted by atomic mass is 35.5. The summed E-state index contributed by atoms with van der Waals surface area (Å²) in [6, 6.07) is 8.80. The molecule has 0 unspecified atom stereocenters. The number of urea groups is 1. The van der Waals surface area contributed by atoms with E-state index >= 15 is 0 Å². The fraction of sp³-hybridized carbons (Fsp3) is 0.278. The number of amides is 2. The number of anilines is 1. The first-order valence-electron chi connectivity index (χ1n) is 7.76. The molecule has 0 aliphatic carbocycles.